The van der Waals surface area contributed by atoms with Crippen molar-refractivity contribution in [3.05, 3.63) is 0 Å². The normalized spacial score (nSPS) is 14.2. The Morgan fingerprint density at radius 1 is 0.867 bits per heavy atom. The highest BCUT2D eigenvalue weighted by molar-refractivity contribution is 5.90. The molecular weight excluding hydrogens is 388 g/mol. The van der Waals surface area contributed by atoms with Crippen molar-refractivity contribution in [2.75, 3.05) is 27.2 Å². The van der Waals surface area contributed by atoms with Gasteiger partial charge in [-0.3, -0.25) is 9.69 Å². The van der Waals surface area contributed by atoms with Gasteiger partial charge in [-0.15, -0.1) is 0 Å². The first-order chi connectivity index (χ1) is 13.6. The molecule has 0 radical (unpaired) electrons. The molecule has 2 atom stereocenters. The van der Waals surface area contributed by atoms with Crippen LogP contribution in [0.25, 0.3) is 0 Å². The molecule has 1 unspecified atom stereocenters. The van der Waals surface area contributed by atoms with Gasteiger partial charge in [0.05, 0.1) is 12.1 Å². The lowest BCUT2D eigenvalue weighted by Crippen LogP contribution is -2.49. The Morgan fingerprint density at radius 3 is 1.70 bits per heavy atom. The van der Waals surface area contributed by atoms with E-state index in [1.54, 1.807) is 60.5 Å². The lowest BCUT2D eigenvalue weighted by atomic mass is 9.97. The number of hydrogen-bond acceptors (Lipinski definition) is 8. The first-order valence-electron chi connectivity index (χ1n) is 10.5. The van der Waals surface area contributed by atoms with Gasteiger partial charge in [-0.2, -0.15) is 0 Å². The van der Waals surface area contributed by atoms with Crippen LogP contribution in [0.15, 0.2) is 0 Å². The molecule has 0 aliphatic heterocycles. The molecule has 0 aromatic rings. The number of unbranched alkanes of at least 4 members (excludes halogenated alkanes) is 1. The Balaban J connectivity index is 5.35. The molecule has 4 N–H and O–H groups in total. The second kappa shape index (κ2) is 12.2. The van der Waals surface area contributed by atoms with E-state index in [4.69, 9.17) is 20.9 Å². The van der Waals surface area contributed by atoms with Crippen LogP contribution in [0.1, 0.15) is 67.2 Å². The van der Waals surface area contributed by atoms with Gasteiger partial charge in [0.15, 0.2) is 5.78 Å². The average molecular weight is 431 g/mol. The predicted molar refractivity (Wildman–Crippen MR) is 117 cm³/mol. The summed E-state index contributed by atoms with van der Waals surface area (Å²) < 4.78 is 10.7. The number of Topliss-reactive ketones (excluding diaryl/α,β-unsaturated/α-hetero) is 1. The molecule has 0 rings (SSSR count). The summed E-state index contributed by atoms with van der Waals surface area (Å²) in [6.45, 7) is 10.8. The fourth-order valence-electron chi connectivity index (χ4n) is 2.70. The molecule has 0 aromatic carbocycles. The average Bonchev–Trinajstić information content (AvgIpc) is 2.54. The predicted octanol–water partition coefficient (Wildman–Crippen LogP) is 2.50. The van der Waals surface area contributed by atoms with E-state index in [-0.39, 0.29) is 18.7 Å². The molecular formula is C21H42N4O5. The van der Waals surface area contributed by atoms with Crippen molar-refractivity contribution in [1.82, 2.24) is 9.80 Å². The van der Waals surface area contributed by atoms with Crippen molar-refractivity contribution in [2.45, 2.75) is 90.5 Å². The first-order valence-corrected chi connectivity index (χ1v) is 10.5. The van der Waals surface area contributed by atoms with Crippen LogP contribution in [0, 0.1) is 0 Å². The molecule has 2 amide bonds. The number of ether oxygens (including phenoxy) is 2. The summed E-state index contributed by atoms with van der Waals surface area (Å²) in [4.78, 5) is 40.7. The Kier molecular flexibility index (Phi) is 11.5. The molecule has 176 valence electrons. The third-order valence-corrected chi connectivity index (χ3v) is 4.14. The van der Waals surface area contributed by atoms with E-state index in [1.165, 1.54) is 0 Å². The van der Waals surface area contributed by atoms with Gasteiger partial charge in [0, 0.05) is 6.54 Å². The molecule has 0 bridgehead atoms. The second-order valence-corrected chi connectivity index (χ2v) is 9.67. The largest absolute Gasteiger partial charge is 0.443 e. The maximum Gasteiger partial charge on any atom is 0.419 e. The summed E-state index contributed by atoms with van der Waals surface area (Å²) >= 11 is 0. The number of hydrogen-bond donors (Lipinski definition) is 2. The van der Waals surface area contributed by atoms with Gasteiger partial charge in [-0.05, 0) is 81.4 Å². The zero-order valence-electron chi connectivity index (χ0n) is 20.0. The highest BCUT2D eigenvalue weighted by Gasteiger charge is 2.33. The van der Waals surface area contributed by atoms with E-state index >= 15 is 0 Å². The standard InChI is InChI=1S/C21H42N4O5/c1-20(2,3)29-18(27)25(19(28)30-21(4,5)6)14-12-16(24(7)8)17(26)15(23)11-9-10-13-22/h15-16H,9-14,22-23H2,1-8H3/t15-,16?/m0/s1. The third kappa shape index (κ3) is 11.5. The minimum Gasteiger partial charge on any atom is -0.443 e. The quantitative estimate of drug-likeness (QED) is 0.506. The number of ketones is 1. The van der Waals surface area contributed by atoms with Crippen LogP contribution < -0.4 is 11.5 Å². The van der Waals surface area contributed by atoms with Gasteiger partial charge in [-0.25, -0.2) is 14.5 Å². The zero-order chi connectivity index (χ0) is 23.7. The maximum absolute atomic E-state index is 12.8. The monoisotopic (exact) mass is 430 g/mol. The van der Waals surface area contributed by atoms with Crippen molar-refractivity contribution in [3.63, 3.8) is 0 Å². The van der Waals surface area contributed by atoms with Crippen LogP contribution >= 0.6 is 0 Å². The fourth-order valence-corrected chi connectivity index (χ4v) is 2.70. The molecule has 30 heavy (non-hydrogen) atoms. The second-order valence-electron chi connectivity index (χ2n) is 9.67. The van der Waals surface area contributed by atoms with Crippen LogP contribution in [-0.2, 0) is 14.3 Å². The molecule has 0 saturated carbocycles. The van der Waals surface area contributed by atoms with Gasteiger partial charge in [0.25, 0.3) is 0 Å². The van der Waals surface area contributed by atoms with Gasteiger partial charge in [-0.1, -0.05) is 6.42 Å². The third-order valence-electron chi connectivity index (χ3n) is 4.14. The number of amides is 2. The maximum atomic E-state index is 12.8. The SMILES string of the molecule is CN(C)C(CCN(C(=O)OC(C)(C)C)C(=O)OC(C)(C)C)C(=O)[C@@H](N)CCCCN. The van der Waals surface area contributed by atoms with Crippen LogP contribution in [0.4, 0.5) is 9.59 Å². The van der Waals surface area contributed by atoms with E-state index in [2.05, 4.69) is 0 Å². The number of nitrogens with zero attached hydrogens (tertiary/aromatic N) is 2. The Labute approximate surface area is 181 Å². The van der Waals surface area contributed by atoms with Gasteiger partial charge in [0.1, 0.15) is 11.2 Å². The first kappa shape index (κ1) is 28.3. The number of likely N-dealkylation sites (N-methyl/N-ethyl adjacent to an activating group) is 1. The van der Waals surface area contributed by atoms with Crippen LogP contribution in [0.5, 0.6) is 0 Å². The van der Waals surface area contributed by atoms with Crippen molar-refractivity contribution in [3.8, 4) is 0 Å². The van der Waals surface area contributed by atoms with E-state index in [0.29, 0.717) is 13.0 Å². The summed E-state index contributed by atoms with van der Waals surface area (Å²) in [7, 11) is 3.53. The molecule has 0 aromatic heterocycles. The van der Waals surface area contributed by atoms with Crippen LogP contribution in [-0.4, -0.2) is 78.2 Å². The molecule has 0 fully saturated rings. The molecule has 0 heterocycles. The van der Waals surface area contributed by atoms with Crippen LogP contribution in [0.2, 0.25) is 0 Å². The molecule has 9 nitrogen and oxygen atoms in total. The molecule has 9 heteroatoms. The lowest BCUT2D eigenvalue weighted by Gasteiger charge is -2.31. The van der Waals surface area contributed by atoms with Gasteiger partial charge < -0.3 is 20.9 Å². The minimum atomic E-state index is -0.811. The Bertz CT molecular complexity index is 539. The number of imide groups is 1. The Hall–Kier alpha value is -1.71. The van der Waals surface area contributed by atoms with Crippen molar-refractivity contribution in [2.24, 2.45) is 11.5 Å². The molecule has 0 saturated heterocycles. The summed E-state index contributed by atoms with van der Waals surface area (Å²) in [5.74, 6) is -0.134. The van der Waals surface area contributed by atoms with E-state index in [1.807, 2.05) is 0 Å². The number of rotatable bonds is 10. The highest BCUT2D eigenvalue weighted by Crippen LogP contribution is 2.16. The number of carbonyl (C=O) groups excluding carboxylic acids is 3. The minimum absolute atomic E-state index is 0.0338. The van der Waals surface area contributed by atoms with Crippen molar-refractivity contribution >= 4 is 18.0 Å². The zero-order valence-corrected chi connectivity index (χ0v) is 20.0. The lowest BCUT2D eigenvalue weighted by molar-refractivity contribution is -0.125. The summed E-state index contributed by atoms with van der Waals surface area (Å²) in [6.07, 6.45) is 0.712. The number of nitrogens with two attached hydrogens (primary N) is 2. The van der Waals surface area contributed by atoms with Gasteiger partial charge in [0.2, 0.25) is 0 Å². The molecule has 0 aliphatic carbocycles. The van der Waals surface area contributed by atoms with E-state index in [0.717, 1.165) is 17.7 Å². The van der Waals surface area contributed by atoms with E-state index < -0.39 is 35.5 Å². The fraction of sp³-hybridized carbons (Fsp3) is 0.857. The molecule has 0 aliphatic rings. The summed E-state index contributed by atoms with van der Waals surface area (Å²) in [6, 6.07) is -1.18. The Morgan fingerprint density at radius 2 is 1.33 bits per heavy atom. The van der Waals surface area contributed by atoms with Gasteiger partial charge >= 0.3 is 12.2 Å². The highest BCUT2D eigenvalue weighted by atomic mass is 16.6. The smallest absolute Gasteiger partial charge is 0.419 e. The van der Waals surface area contributed by atoms with Crippen molar-refractivity contribution in [1.29, 1.82) is 0 Å². The van der Waals surface area contributed by atoms with Crippen LogP contribution in [0.3, 0.4) is 0 Å². The topological polar surface area (TPSA) is 128 Å². The van der Waals surface area contributed by atoms with E-state index in [9.17, 15) is 14.4 Å². The molecule has 0 spiro atoms. The summed E-state index contributed by atoms with van der Waals surface area (Å²) in [5, 5.41) is 0. The van der Waals surface area contributed by atoms with Crippen molar-refractivity contribution < 1.29 is 23.9 Å². The number of carbonyl (C=O) groups is 3. The summed E-state index contributed by atoms with van der Waals surface area (Å²) in [5.41, 5.74) is 10.0.